The van der Waals surface area contributed by atoms with Gasteiger partial charge in [0.2, 0.25) is 17.7 Å². The number of thioether (sulfide) groups is 1. The number of benzene rings is 1. The van der Waals surface area contributed by atoms with Gasteiger partial charge >= 0.3 is 0 Å². The van der Waals surface area contributed by atoms with Crippen LogP contribution in [0.15, 0.2) is 35.2 Å². The Hall–Kier alpha value is -1.79. The number of carbonyl (C=O) groups excluding carboxylic acids is 3. The number of hydrogen-bond acceptors (Lipinski definition) is 4. The molecule has 4 rings (SSSR count). The molecule has 1 N–H and O–H groups in total. The Morgan fingerprint density at radius 3 is 2.58 bits per heavy atom. The predicted octanol–water partition coefficient (Wildman–Crippen LogP) is 2.94. The van der Waals surface area contributed by atoms with Crippen molar-refractivity contribution >= 4 is 41.1 Å². The lowest BCUT2D eigenvalue weighted by molar-refractivity contribution is -0.143. The number of amides is 3. The zero-order valence-corrected chi connectivity index (χ0v) is 15.7. The number of imide groups is 1. The van der Waals surface area contributed by atoms with Crippen molar-refractivity contribution in [2.75, 3.05) is 12.3 Å². The van der Waals surface area contributed by atoms with Crippen LogP contribution in [-0.4, -0.2) is 34.9 Å². The molecule has 0 spiro atoms. The first-order valence-electron chi connectivity index (χ1n) is 8.76. The van der Waals surface area contributed by atoms with Crippen molar-refractivity contribution in [2.24, 2.45) is 11.8 Å². The fourth-order valence-corrected chi connectivity index (χ4v) is 5.21. The average Bonchev–Trinajstić information content (AvgIpc) is 2.87. The SMILES string of the molecule is O=C(CN1C(=O)[C@H]2CC=CC[C@H]2C1=O)N[C@H]1CCSc2ccc(Cl)cc21. The topological polar surface area (TPSA) is 66.5 Å². The molecule has 0 aromatic heterocycles. The third kappa shape index (κ3) is 3.16. The van der Waals surface area contributed by atoms with Gasteiger partial charge in [0, 0.05) is 15.7 Å². The number of nitrogens with one attached hydrogen (secondary N) is 1. The van der Waals surface area contributed by atoms with Gasteiger partial charge in [-0.15, -0.1) is 11.8 Å². The van der Waals surface area contributed by atoms with Crippen molar-refractivity contribution in [3.05, 3.63) is 40.9 Å². The third-order valence-electron chi connectivity index (χ3n) is 5.25. The summed E-state index contributed by atoms with van der Waals surface area (Å²) >= 11 is 7.84. The Balaban J connectivity index is 1.45. The summed E-state index contributed by atoms with van der Waals surface area (Å²) in [7, 11) is 0. The second-order valence-corrected chi connectivity index (χ2v) is 8.43. The molecule has 0 unspecified atom stereocenters. The molecule has 1 aliphatic carbocycles. The first-order valence-corrected chi connectivity index (χ1v) is 10.1. The van der Waals surface area contributed by atoms with E-state index in [1.165, 1.54) is 0 Å². The lowest BCUT2D eigenvalue weighted by Crippen LogP contribution is -2.42. The second-order valence-electron chi connectivity index (χ2n) is 6.86. The standard InChI is InChI=1S/C19H19ClN2O3S/c20-11-5-6-16-14(9-11)15(7-8-26-16)21-17(23)10-22-18(24)12-3-1-2-4-13(12)19(22)25/h1-2,5-6,9,12-13,15H,3-4,7-8,10H2,(H,21,23)/t12-,13+,15-/m0/s1. The molecular formula is C19H19ClN2O3S. The molecule has 3 aliphatic rings. The van der Waals surface area contributed by atoms with Gasteiger partial charge in [0.1, 0.15) is 6.54 Å². The van der Waals surface area contributed by atoms with Crippen molar-refractivity contribution in [2.45, 2.75) is 30.2 Å². The molecule has 0 bridgehead atoms. The summed E-state index contributed by atoms with van der Waals surface area (Å²) in [4.78, 5) is 39.8. The summed E-state index contributed by atoms with van der Waals surface area (Å²) < 4.78 is 0. The molecule has 1 fully saturated rings. The highest BCUT2D eigenvalue weighted by Crippen LogP contribution is 2.38. The normalized spacial score (nSPS) is 27.3. The fraction of sp³-hybridized carbons (Fsp3) is 0.421. The average molecular weight is 391 g/mol. The summed E-state index contributed by atoms with van der Waals surface area (Å²) in [5.74, 6) is -0.445. The molecule has 2 heterocycles. The molecule has 136 valence electrons. The Labute approximate surface area is 161 Å². The number of halogens is 1. The fourth-order valence-electron chi connectivity index (χ4n) is 3.92. The lowest BCUT2D eigenvalue weighted by Gasteiger charge is -2.27. The van der Waals surface area contributed by atoms with Crippen LogP contribution in [0.1, 0.15) is 30.9 Å². The largest absolute Gasteiger partial charge is 0.348 e. The van der Waals surface area contributed by atoms with Crippen LogP contribution in [0, 0.1) is 11.8 Å². The smallest absolute Gasteiger partial charge is 0.240 e. The van der Waals surface area contributed by atoms with E-state index in [0.29, 0.717) is 17.9 Å². The molecule has 26 heavy (non-hydrogen) atoms. The van der Waals surface area contributed by atoms with E-state index in [1.807, 2.05) is 30.4 Å². The van der Waals surface area contributed by atoms with E-state index >= 15 is 0 Å². The lowest BCUT2D eigenvalue weighted by atomic mass is 9.85. The summed E-state index contributed by atoms with van der Waals surface area (Å²) in [6, 6.07) is 5.54. The first-order chi connectivity index (χ1) is 12.5. The van der Waals surface area contributed by atoms with E-state index in [4.69, 9.17) is 11.6 Å². The van der Waals surface area contributed by atoms with Crippen LogP contribution < -0.4 is 5.32 Å². The van der Waals surface area contributed by atoms with Gasteiger partial charge in [-0.3, -0.25) is 19.3 Å². The van der Waals surface area contributed by atoms with Crippen LogP contribution in [0.3, 0.4) is 0 Å². The third-order valence-corrected chi connectivity index (χ3v) is 6.60. The number of allylic oxidation sites excluding steroid dienone is 2. The minimum absolute atomic E-state index is 0.144. The quantitative estimate of drug-likeness (QED) is 0.636. The summed E-state index contributed by atoms with van der Waals surface area (Å²) in [6.45, 7) is -0.204. The number of fused-ring (bicyclic) bond motifs is 2. The minimum Gasteiger partial charge on any atom is -0.348 e. The highest BCUT2D eigenvalue weighted by molar-refractivity contribution is 7.99. The maximum Gasteiger partial charge on any atom is 0.240 e. The van der Waals surface area contributed by atoms with Gasteiger partial charge in [0.25, 0.3) is 0 Å². The highest BCUT2D eigenvalue weighted by Gasteiger charge is 2.47. The Kier molecular flexibility index (Phi) is 4.80. The van der Waals surface area contributed by atoms with Gasteiger partial charge < -0.3 is 5.32 Å². The van der Waals surface area contributed by atoms with E-state index in [0.717, 1.165) is 27.5 Å². The number of nitrogens with zero attached hydrogens (tertiary/aromatic N) is 1. The van der Waals surface area contributed by atoms with Crippen molar-refractivity contribution in [3.8, 4) is 0 Å². The van der Waals surface area contributed by atoms with E-state index in [-0.39, 0.29) is 42.1 Å². The van der Waals surface area contributed by atoms with Gasteiger partial charge in [0.15, 0.2) is 0 Å². The molecule has 7 heteroatoms. The monoisotopic (exact) mass is 390 g/mol. The number of carbonyl (C=O) groups is 3. The molecule has 1 saturated heterocycles. The second kappa shape index (κ2) is 7.08. The van der Waals surface area contributed by atoms with Gasteiger partial charge in [-0.25, -0.2) is 0 Å². The van der Waals surface area contributed by atoms with Crippen molar-refractivity contribution < 1.29 is 14.4 Å². The Morgan fingerprint density at radius 2 is 1.88 bits per heavy atom. The Morgan fingerprint density at radius 1 is 1.19 bits per heavy atom. The maximum atomic E-state index is 12.5. The molecule has 3 amide bonds. The van der Waals surface area contributed by atoms with Gasteiger partial charge in [-0.05, 0) is 43.0 Å². The highest BCUT2D eigenvalue weighted by atomic mass is 35.5. The molecule has 1 aromatic carbocycles. The van der Waals surface area contributed by atoms with Crippen LogP contribution in [0.2, 0.25) is 5.02 Å². The van der Waals surface area contributed by atoms with Crippen molar-refractivity contribution in [1.29, 1.82) is 0 Å². The maximum absolute atomic E-state index is 12.5. The predicted molar refractivity (Wildman–Crippen MR) is 99.8 cm³/mol. The van der Waals surface area contributed by atoms with Crippen LogP contribution >= 0.6 is 23.4 Å². The zero-order chi connectivity index (χ0) is 18.3. The molecule has 5 nitrogen and oxygen atoms in total. The Bertz CT molecular complexity index is 784. The molecule has 2 aliphatic heterocycles. The minimum atomic E-state index is -0.305. The van der Waals surface area contributed by atoms with Crippen LogP contribution in [-0.2, 0) is 14.4 Å². The van der Waals surface area contributed by atoms with Crippen LogP contribution in [0.25, 0.3) is 0 Å². The van der Waals surface area contributed by atoms with E-state index < -0.39 is 0 Å². The van der Waals surface area contributed by atoms with Crippen molar-refractivity contribution in [1.82, 2.24) is 10.2 Å². The van der Waals surface area contributed by atoms with Gasteiger partial charge in [0.05, 0.1) is 17.9 Å². The van der Waals surface area contributed by atoms with E-state index in [9.17, 15) is 14.4 Å². The summed E-state index contributed by atoms with van der Waals surface area (Å²) in [6.07, 6.45) is 5.84. The molecule has 1 aromatic rings. The van der Waals surface area contributed by atoms with Crippen LogP contribution in [0.4, 0.5) is 0 Å². The molecule has 0 radical (unpaired) electrons. The summed E-state index contributed by atoms with van der Waals surface area (Å²) in [5.41, 5.74) is 0.999. The summed E-state index contributed by atoms with van der Waals surface area (Å²) in [5, 5.41) is 3.61. The van der Waals surface area contributed by atoms with Gasteiger partial charge in [-0.1, -0.05) is 23.8 Å². The van der Waals surface area contributed by atoms with Crippen molar-refractivity contribution in [3.63, 3.8) is 0 Å². The number of likely N-dealkylation sites (tertiary alicyclic amines) is 1. The van der Waals surface area contributed by atoms with Crippen LogP contribution in [0.5, 0.6) is 0 Å². The molecule has 0 saturated carbocycles. The molecular weight excluding hydrogens is 372 g/mol. The van der Waals surface area contributed by atoms with Gasteiger partial charge in [-0.2, -0.15) is 0 Å². The van der Waals surface area contributed by atoms with E-state index in [2.05, 4.69) is 5.32 Å². The number of rotatable bonds is 3. The number of hydrogen-bond donors (Lipinski definition) is 1. The molecule has 3 atom stereocenters. The van der Waals surface area contributed by atoms with E-state index in [1.54, 1.807) is 11.8 Å². The zero-order valence-electron chi connectivity index (χ0n) is 14.1. The first kappa shape index (κ1) is 17.6.